The topological polar surface area (TPSA) is 103 Å². The van der Waals surface area contributed by atoms with Crippen molar-refractivity contribution in [3.8, 4) is 11.5 Å². The van der Waals surface area contributed by atoms with Crippen LogP contribution in [-0.4, -0.2) is 47.7 Å². The Morgan fingerprint density at radius 1 is 0.968 bits per heavy atom. The number of rotatable bonds is 16. The van der Waals surface area contributed by atoms with Crippen molar-refractivity contribution in [2.24, 2.45) is 0 Å². The zero-order valence-corrected chi connectivity index (χ0v) is 19.8. The zero-order valence-electron chi connectivity index (χ0n) is 18.8. The molecular weight excluding hydrogens is 420 g/mol. The molecule has 0 N–H and O–H groups in total. The molecule has 1 aromatic rings. The Kier molecular flexibility index (Phi) is 12.8. The number of unbranched alkanes of at least 4 members (excludes halogenated alkanes) is 2. The van der Waals surface area contributed by atoms with Crippen LogP contribution in [0.15, 0.2) is 24.3 Å². The smallest absolute Gasteiger partial charge is 0.500 e. The monoisotopic (exact) mass is 453 g/mol. The summed E-state index contributed by atoms with van der Waals surface area (Å²) in [5.41, 5.74) is 0.589. The molecule has 1 aromatic carbocycles. The van der Waals surface area contributed by atoms with Gasteiger partial charge in [0.25, 0.3) is 0 Å². The van der Waals surface area contributed by atoms with Gasteiger partial charge in [0, 0.05) is 32.3 Å². The normalized spacial score (nSPS) is 11.6. The van der Waals surface area contributed by atoms with Crippen LogP contribution in [0.3, 0.4) is 0 Å². The van der Waals surface area contributed by atoms with E-state index in [1.807, 2.05) is 20.8 Å². The molecule has 0 heterocycles. The third-order valence-electron chi connectivity index (χ3n) is 4.28. The lowest BCUT2D eigenvalue weighted by Gasteiger charge is -2.28. The third kappa shape index (κ3) is 10.1. The third-order valence-corrected chi connectivity index (χ3v) is 7.43. The first kappa shape index (κ1) is 26.8. The minimum absolute atomic E-state index is 0.266. The molecule has 31 heavy (non-hydrogen) atoms. The fourth-order valence-electron chi connectivity index (χ4n) is 3.00. The van der Waals surface area contributed by atoms with Gasteiger partial charge in [0.05, 0.1) is 13.1 Å². The average molecular weight is 454 g/mol. The van der Waals surface area contributed by atoms with E-state index in [4.69, 9.17) is 22.8 Å². The van der Waals surface area contributed by atoms with Crippen LogP contribution in [0.4, 0.5) is 0 Å². The minimum Gasteiger partial charge on any atom is -0.545 e. The molecule has 0 saturated carbocycles. The van der Waals surface area contributed by atoms with Crippen LogP contribution in [0.25, 0.3) is 6.08 Å². The van der Waals surface area contributed by atoms with E-state index in [-0.39, 0.29) is 18.1 Å². The van der Waals surface area contributed by atoms with E-state index in [1.165, 1.54) is 13.2 Å². The molecule has 9 heteroatoms. The second-order valence-corrected chi connectivity index (χ2v) is 9.31. The van der Waals surface area contributed by atoms with Crippen molar-refractivity contribution in [3.05, 3.63) is 29.8 Å². The molecule has 0 radical (unpaired) electrons. The molecule has 0 saturated heterocycles. The number of esters is 1. The molecule has 0 spiro atoms. The van der Waals surface area contributed by atoms with Gasteiger partial charge in [-0.05, 0) is 57.4 Å². The predicted molar refractivity (Wildman–Crippen MR) is 117 cm³/mol. The Balaban J connectivity index is 2.52. The summed E-state index contributed by atoms with van der Waals surface area (Å²) in [4.78, 5) is 22.7. The fourth-order valence-corrected chi connectivity index (χ4v) is 5.68. The Bertz CT molecular complexity index is 702. The van der Waals surface area contributed by atoms with Crippen molar-refractivity contribution in [1.82, 2.24) is 0 Å². The highest BCUT2D eigenvalue weighted by molar-refractivity contribution is 6.60. The first-order valence-electron chi connectivity index (χ1n) is 10.6. The number of hydrogen-bond donors (Lipinski definition) is 0. The van der Waals surface area contributed by atoms with Crippen molar-refractivity contribution in [2.45, 2.75) is 52.5 Å². The average Bonchev–Trinajstić information content (AvgIpc) is 2.73. The van der Waals surface area contributed by atoms with E-state index in [0.717, 1.165) is 18.9 Å². The summed E-state index contributed by atoms with van der Waals surface area (Å²) in [7, 11) is -1.20. The van der Waals surface area contributed by atoms with E-state index < -0.39 is 14.8 Å². The number of methoxy groups -OCH3 is 1. The lowest BCUT2D eigenvalue weighted by atomic mass is 10.2. The molecule has 0 aliphatic heterocycles. The Labute approximate surface area is 185 Å². The maximum absolute atomic E-state index is 12.2. The number of carbonyl (C=O) groups is 2. The van der Waals surface area contributed by atoms with Crippen LogP contribution < -0.4 is 14.6 Å². The van der Waals surface area contributed by atoms with Gasteiger partial charge in [-0.15, -0.1) is 0 Å². The van der Waals surface area contributed by atoms with Crippen molar-refractivity contribution >= 4 is 26.8 Å². The van der Waals surface area contributed by atoms with Gasteiger partial charge in [-0.2, -0.15) is 0 Å². The van der Waals surface area contributed by atoms with Gasteiger partial charge in [0.1, 0.15) is 0 Å². The van der Waals surface area contributed by atoms with Gasteiger partial charge in [-0.1, -0.05) is 18.6 Å². The largest absolute Gasteiger partial charge is 0.545 e. The van der Waals surface area contributed by atoms with Crippen LogP contribution in [0, 0.1) is 0 Å². The summed E-state index contributed by atoms with van der Waals surface area (Å²) in [6, 6.07) is 5.50. The molecule has 174 valence electrons. The maximum atomic E-state index is 12.2. The highest BCUT2D eigenvalue weighted by atomic mass is 28.4. The van der Waals surface area contributed by atoms with Gasteiger partial charge in [0.15, 0.2) is 11.5 Å². The Hall–Kier alpha value is -2.20. The van der Waals surface area contributed by atoms with Gasteiger partial charge in [-0.25, -0.2) is 0 Å². The van der Waals surface area contributed by atoms with Crippen LogP contribution >= 0.6 is 0 Å². The summed E-state index contributed by atoms with van der Waals surface area (Å²) in [6.45, 7) is 7.41. The molecule has 0 aliphatic carbocycles. The van der Waals surface area contributed by atoms with Crippen LogP contribution in [0.2, 0.25) is 6.04 Å². The zero-order chi connectivity index (χ0) is 23.1. The first-order valence-corrected chi connectivity index (χ1v) is 12.5. The van der Waals surface area contributed by atoms with E-state index in [0.29, 0.717) is 43.6 Å². The standard InChI is InChI=1S/C22H34O8Si/c1-5-27-31(28-6-2,29-7-3)16-10-8-9-11-22(25)30-19-14-12-18(13-15-21(23)24)17-20(19)26-4/h12-15,17H,5-11,16H2,1-4H3,(H,23,24)/p-1/b15-13+. The van der Waals surface area contributed by atoms with Gasteiger partial charge < -0.3 is 32.7 Å². The second kappa shape index (κ2) is 14.7. The van der Waals surface area contributed by atoms with E-state index in [1.54, 1.807) is 18.2 Å². The summed E-state index contributed by atoms with van der Waals surface area (Å²) >= 11 is 0. The van der Waals surface area contributed by atoms with Gasteiger partial charge in [0.2, 0.25) is 0 Å². The number of carboxylic acid groups (broad SMARTS) is 1. The number of aliphatic carboxylic acids is 1. The summed E-state index contributed by atoms with van der Waals surface area (Å²) in [5, 5.41) is 10.5. The molecule has 0 fully saturated rings. The number of hydrogen-bond acceptors (Lipinski definition) is 8. The van der Waals surface area contributed by atoms with E-state index >= 15 is 0 Å². The fraction of sp³-hybridized carbons (Fsp3) is 0.545. The Morgan fingerprint density at radius 3 is 2.16 bits per heavy atom. The highest BCUT2D eigenvalue weighted by Crippen LogP contribution is 2.29. The number of carboxylic acids is 1. The summed E-state index contributed by atoms with van der Waals surface area (Å²) < 4.78 is 28.1. The van der Waals surface area contributed by atoms with Crippen molar-refractivity contribution in [1.29, 1.82) is 0 Å². The second-order valence-electron chi connectivity index (χ2n) is 6.58. The SMILES string of the molecule is CCO[Si](CCCCCC(=O)Oc1ccc(/C=C/C(=O)[O-])cc1OC)(OCC)OCC. The van der Waals surface area contributed by atoms with Crippen molar-refractivity contribution in [2.75, 3.05) is 26.9 Å². The Morgan fingerprint density at radius 2 is 1.61 bits per heavy atom. The van der Waals surface area contributed by atoms with Gasteiger partial charge in [-0.3, -0.25) is 4.79 Å². The van der Waals surface area contributed by atoms with Crippen molar-refractivity contribution < 1.29 is 37.4 Å². The summed E-state index contributed by atoms with van der Waals surface area (Å²) in [6.07, 6.45) is 4.88. The number of ether oxygens (including phenoxy) is 2. The number of carbonyl (C=O) groups excluding carboxylic acids is 2. The molecule has 0 unspecified atom stereocenters. The van der Waals surface area contributed by atoms with Gasteiger partial charge >= 0.3 is 14.8 Å². The molecule has 8 nitrogen and oxygen atoms in total. The highest BCUT2D eigenvalue weighted by Gasteiger charge is 2.39. The van der Waals surface area contributed by atoms with Crippen LogP contribution in [-0.2, 0) is 22.9 Å². The van der Waals surface area contributed by atoms with Crippen molar-refractivity contribution in [3.63, 3.8) is 0 Å². The molecule has 0 atom stereocenters. The summed E-state index contributed by atoms with van der Waals surface area (Å²) in [5.74, 6) is -1.03. The predicted octanol–water partition coefficient (Wildman–Crippen LogP) is 2.97. The maximum Gasteiger partial charge on any atom is 0.500 e. The van der Waals surface area contributed by atoms with Crippen LogP contribution in [0.5, 0.6) is 11.5 Å². The van der Waals surface area contributed by atoms with E-state index in [2.05, 4.69) is 0 Å². The molecule has 0 aliphatic rings. The first-order chi connectivity index (χ1) is 14.9. The lowest BCUT2D eigenvalue weighted by molar-refractivity contribution is -0.297. The minimum atomic E-state index is -2.64. The van der Waals surface area contributed by atoms with Crippen LogP contribution in [0.1, 0.15) is 52.0 Å². The molecule has 1 rings (SSSR count). The molecule has 0 aromatic heterocycles. The quantitative estimate of drug-likeness (QED) is 0.124. The molecular formula is C22H33O8Si-. The molecule has 0 bridgehead atoms. The lowest BCUT2D eigenvalue weighted by Crippen LogP contribution is -2.45. The van der Waals surface area contributed by atoms with E-state index in [9.17, 15) is 14.7 Å². The molecule has 0 amide bonds. The number of benzene rings is 1.